The van der Waals surface area contributed by atoms with E-state index in [1.807, 2.05) is 11.8 Å². The number of aromatic nitrogens is 2. The second-order valence-electron chi connectivity index (χ2n) is 5.17. The number of nitrogens with one attached hydrogen (secondary N) is 1. The molecule has 1 fully saturated rings. The van der Waals surface area contributed by atoms with Crippen LogP contribution in [0.1, 0.15) is 26.7 Å². The molecule has 110 valence electrons. The molecule has 0 spiro atoms. The van der Waals surface area contributed by atoms with E-state index in [0.29, 0.717) is 44.2 Å². The van der Waals surface area contributed by atoms with Crippen LogP contribution in [0.25, 0.3) is 0 Å². The SMILES string of the molecule is CCNc1ncc([N+](=O)[O-])c(N2CCC(C)(O)CC2)n1. The van der Waals surface area contributed by atoms with Crippen LogP contribution in [0.3, 0.4) is 0 Å². The van der Waals surface area contributed by atoms with E-state index in [9.17, 15) is 15.2 Å². The highest BCUT2D eigenvalue weighted by Crippen LogP contribution is 2.31. The first-order valence-corrected chi connectivity index (χ1v) is 6.65. The monoisotopic (exact) mass is 281 g/mol. The number of hydrogen-bond donors (Lipinski definition) is 2. The van der Waals surface area contributed by atoms with Gasteiger partial charge in [0, 0.05) is 19.6 Å². The minimum Gasteiger partial charge on any atom is -0.390 e. The fourth-order valence-corrected chi connectivity index (χ4v) is 2.17. The van der Waals surface area contributed by atoms with Gasteiger partial charge in [-0.3, -0.25) is 10.1 Å². The first-order valence-electron chi connectivity index (χ1n) is 6.65. The third-order valence-electron chi connectivity index (χ3n) is 3.42. The predicted molar refractivity (Wildman–Crippen MR) is 74.9 cm³/mol. The second-order valence-corrected chi connectivity index (χ2v) is 5.17. The zero-order valence-electron chi connectivity index (χ0n) is 11.7. The van der Waals surface area contributed by atoms with Crippen LogP contribution < -0.4 is 10.2 Å². The molecule has 0 radical (unpaired) electrons. The van der Waals surface area contributed by atoms with Crippen molar-refractivity contribution in [1.29, 1.82) is 0 Å². The lowest BCUT2D eigenvalue weighted by Crippen LogP contribution is -2.43. The van der Waals surface area contributed by atoms with E-state index >= 15 is 0 Å². The maximum atomic E-state index is 11.1. The molecule has 1 aliphatic rings. The summed E-state index contributed by atoms with van der Waals surface area (Å²) < 4.78 is 0. The van der Waals surface area contributed by atoms with Crippen molar-refractivity contribution >= 4 is 17.5 Å². The van der Waals surface area contributed by atoms with Crippen molar-refractivity contribution in [3.63, 3.8) is 0 Å². The molecule has 2 rings (SSSR count). The van der Waals surface area contributed by atoms with Crippen LogP contribution in [0.15, 0.2) is 6.20 Å². The second kappa shape index (κ2) is 5.58. The molecule has 0 aliphatic carbocycles. The van der Waals surface area contributed by atoms with E-state index in [-0.39, 0.29) is 5.69 Å². The van der Waals surface area contributed by atoms with Crippen LogP contribution >= 0.6 is 0 Å². The molecule has 0 aromatic carbocycles. The molecule has 2 N–H and O–H groups in total. The molecule has 0 bridgehead atoms. The molecular formula is C12H19N5O3. The summed E-state index contributed by atoms with van der Waals surface area (Å²) in [7, 11) is 0. The Bertz CT molecular complexity index is 496. The van der Waals surface area contributed by atoms with E-state index in [4.69, 9.17) is 0 Å². The third kappa shape index (κ3) is 3.13. The largest absolute Gasteiger partial charge is 0.390 e. The average Bonchev–Trinajstić information content (AvgIpc) is 2.38. The summed E-state index contributed by atoms with van der Waals surface area (Å²) in [5.41, 5.74) is -0.809. The van der Waals surface area contributed by atoms with Crippen molar-refractivity contribution in [3.8, 4) is 0 Å². The van der Waals surface area contributed by atoms with Gasteiger partial charge < -0.3 is 15.3 Å². The van der Waals surface area contributed by atoms with E-state index < -0.39 is 10.5 Å². The quantitative estimate of drug-likeness (QED) is 0.630. The molecule has 0 saturated carbocycles. The van der Waals surface area contributed by atoms with Crippen LogP contribution in [0.4, 0.5) is 17.5 Å². The molecule has 0 unspecified atom stereocenters. The standard InChI is InChI=1S/C12H19N5O3/c1-3-13-11-14-8-9(17(19)20)10(15-11)16-6-4-12(2,18)5-7-16/h8,18H,3-7H2,1-2H3,(H,13,14,15). The first kappa shape index (κ1) is 14.4. The van der Waals surface area contributed by atoms with Crippen molar-refractivity contribution in [1.82, 2.24) is 9.97 Å². The van der Waals surface area contributed by atoms with Crippen LogP contribution in [0.5, 0.6) is 0 Å². The molecular weight excluding hydrogens is 262 g/mol. The number of nitrogens with zero attached hydrogens (tertiary/aromatic N) is 4. The minimum atomic E-state index is -0.706. The maximum Gasteiger partial charge on any atom is 0.329 e. The molecule has 8 nitrogen and oxygen atoms in total. The van der Waals surface area contributed by atoms with Crippen molar-refractivity contribution in [2.24, 2.45) is 0 Å². The molecule has 1 aromatic rings. The Morgan fingerprint density at radius 2 is 2.20 bits per heavy atom. The molecule has 0 atom stereocenters. The summed E-state index contributed by atoms with van der Waals surface area (Å²) in [4.78, 5) is 20.6. The number of rotatable bonds is 4. The Labute approximate surface area is 117 Å². The minimum absolute atomic E-state index is 0.104. The molecule has 0 amide bonds. The van der Waals surface area contributed by atoms with E-state index in [2.05, 4.69) is 15.3 Å². The first-order chi connectivity index (χ1) is 9.43. The van der Waals surface area contributed by atoms with Crippen molar-refractivity contribution in [2.45, 2.75) is 32.3 Å². The Kier molecular flexibility index (Phi) is 4.03. The normalized spacial score (nSPS) is 17.9. The van der Waals surface area contributed by atoms with Gasteiger partial charge in [0.15, 0.2) is 0 Å². The molecule has 1 aromatic heterocycles. The summed E-state index contributed by atoms with van der Waals surface area (Å²) in [6.45, 7) is 5.41. The van der Waals surface area contributed by atoms with Gasteiger partial charge in [-0.2, -0.15) is 4.98 Å². The lowest BCUT2D eigenvalue weighted by Gasteiger charge is -2.36. The van der Waals surface area contributed by atoms with E-state index in [1.165, 1.54) is 6.20 Å². The number of piperidine rings is 1. The average molecular weight is 281 g/mol. The zero-order chi connectivity index (χ0) is 14.8. The summed E-state index contributed by atoms with van der Waals surface area (Å²) in [5.74, 6) is 0.696. The zero-order valence-corrected chi connectivity index (χ0v) is 11.7. The highest BCUT2D eigenvalue weighted by Gasteiger charge is 2.31. The number of aliphatic hydroxyl groups is 1. The van der Waals surface area contributed by atoms with E-state index in [1.54, 1.807) is 6.92 Å². The van der Waals surface area contributed by atoms with Crippen molar-refractivity contribution in [3.05, 3.63) is 16.3 Å². The summed E-state index contributed by atoms with van der Waals surface area (Å²) in [6.07, 6.45) is 2.35. The van der Waals surface area contributed by atoms with Crippen LogP contribution in [-0.2, 0) is 0 Å². The Balaban J connectivity index is 2.28. The van der Waals surface area contributed by atoms with Gasteiger partial charge in [-0.05, 0) is 26.7 Å². The highest BCUT2D eigenvalue weighted by atomic mass is 16.6. The van der Waals surface area contributed by atoms with Gasteiger partial charge in [-0.15, -0.1) is 0 Å². The van der Waals surface area contributed by atoms with Gasteiger partial charge in [-0.1, -0.05) is 0 Å². The van der Waals surface area contributed by atoms with Gasteiger partial charge in [-0.25, -0.2) is 4.98 Å². The fraction of sp³-hybridized carbons (Fsp3) is 0.667. The topological polar surface area (TPSA) is 104 Å². The molecule has 2 heterocycles. The van der Waals surface area contributed by atoms with Crippen molar-refractivity contribution < 1.29 is 10.0 Å². The summed E-state index contributed by atoms with van der Waals surface area (Å²) in [6, 6.07) is 0. The molecule has 8 heteroatoms. The van der Waals surface area contributed by atoms with Crippen LogP contribution in [0.2, 0.25) is 0 Å². The fourth-order valence-electron chi connectivity index (χ4n) is 2.17. The summed E-state index contributed by atoms with van der Waals surface area (Å²) >= 11 is 0. The molecule has 1 saturated heterocycles. The van der Waals surface area contributed by atoms with Crippen LogP contribution in [-0.4, -0.2) is 45.2 Å². The van der Waals surface area contributed by atoms with Gasteiger partial charge in [0.1, 0.15) is 6.20 Å². The Morgan fingerprint density at radius 3 is 2.75 bits per heavy atom. The van der Waals surface area contributed by atoms with E-state index in [0.717, 1.165) is 0 Å². The lowest BCUT2D eigenvalue weighted by atomic mass is 9.94. The third-order valence-corrected chi connectivity index (χ3v) is 3.42. The predicted octanol–water partition coefficient (Wildman–Crippen LogP) is 1.17. The molecule has 20 heavy (non-hydrogen) atoms. The van der Waals surface area contributed by atoms with Gasteiger partial charge >= 0.3 is 5.69 Å². The number of hydrogen-bond acceptors (Lipinski definition) is 7. The smallest absolute Gasteiger partial charge is 0.329 e. The Morgan fingerprint density at radius 1 is 1.55 bits per heavy atom. The summed E-state index contributed by atoms with van der Waals surface area (Å²) in [5, 5.41) is 24.0. The highest BCUT2D eigenvalue weighted by molar-refractivity contribution is 5.59. The van der Waals surface area contributed by atoms with Crippen LogP contribution in [0, 0.1) is 10.1 Å². The number of anilines is 2. The lowest BCUT2D eigenvalue weighted by molar-refractivity contribution is -0.384. The van der Waals surface area contributed by atoms with Crippen molar-refractivity contribution in [2.75, 3.05) is 29.9 Å². The van der Waals surface area contributed by atoms with Gasteiger partial charge in [0.25, 0.3) is 0 Å². The Hall–Kier alpha value is -1.96. The molecule has 1 aliphatic heterocycles. The van der Waals surface area contributed by atoms with Gasteiger partial charge in [0.2, 0.25) is 11.8 Å². The number of nitro groups is 1. The maximum absolute atomic E-state index is 11.1. The van der Waals surface area contributed by atoms with Gasteiger partial charge in [0.05, 0.1) is 10.5 Å².